The summed E-state index contributed by atoms with van der Waals surface area (Å²) in [5.74, 6) is 0. The molecule has 2 heteroatoms. The third-order valence-corrected chi connectivity index (χ3v) is 0.501. The van der Waals surface area contributed by atoms with Gasteiger partial charge in [0.15, 0.2) is 0 Å². The van der Waals surface area contributed by atoms with Crippen molar-refractivity contribution >= 4 is 0 Å². The van der Waals surface area contributed by atoms with Gasteiger partial charge in [-0.2, -0.15) is 5.10 Å². The van der Waals surface area contributed by atoms with Crippen molar-refractivity contribution in [3.05, 3.63) is 18.0 Å². The highest BCUT2D eigenvalue weighted by Crippen LogP contribution is 1.82. The standard InChI is InChI=1S/C4H6N2/c1-4-2-3-5-6-4/h2-3H,1H3,(H,5,6)/i1D3. The van der Waals surface area contributed by atoms with Crippen LogP contribution < -0.4 is 0 Å². The number of H-pyrrole nitrogens is 1. The number of aromatic nitrogens is 2. The summed E-state index contributed by atoms with van der Waals surface area (Å²) in [6.45, 7) is -2.05. The lowest BCUT2D eigenvalue weighted by molar-refractivity contribution is 1.05. The maximum Gasteiger partial charge on any atom is 0.0489 e. The van der Waals surface area contributed by atoms with Crippen molar-refractivity contribution < 1.29 is 4.11 Å². The van der Waals surface area contributed by atoms with Gasteiger partial charge in [0.2, 0.25) is 0 Å². The van der Waals surface area contributed by atoms with Crippen molar-refractivity contribution in [3.8, 4) is 0 Å². The van der Waals surface area contributed by atoms with Crippen LogP contribution in [-0.4, -0.2) is 10.2 Å². The lowest BCUT2D eigenvalue weighted by Gasteiger charge is -1.68. The molecule has 0 spiro atoms. The van der Waals surface area contributed by atoms with E-state index in [1.807, 2.05) is 0 Å². The van der Waals surface area contributed by atoms with Crippen molar-refractivity contribution in [1.82, 2.24) is 10.2 Å². The van der Waals surface area contributed by atoms with Crippen LogP contribution in [0, 0.1) is 6.85 Å². The Balaban J connectivity index is 2.90. The van der Waals surface area contributed by atoms with Crippen molar-refractivity contribution in [1.29, 1.82) is 0 Å². The van der Waals surface area contributed by atoms with Crippen LogP contribution in [0.4, 0.5) is 0 Å². The second-order valence-corrected chi connectivity index (χ2v) is 0.970. The largest absolute Gasteiger partial charge is 0.283 e. The molecule has 0 atom stereocenters. The number of nitrogens with one attached hydrogen (secondary N) is 1. The third kappa shape index (κ3) is 0.407. The van der Waals surface area contributed by atoms with Crippen molar-refractivity contribution in [2.24, 2.45) is 0 Å². The highest BCUT2D eigenvalue weighted by Gasteiger charge is 1.73. The number of aryl methyl sites for hydroxylation is 1. The molecule has 0 aromatic carbocycles. The van der Waals surface area contributed by atoms with E-state index in [1.165, 1.54) is 12.3 Å². The van der Waals surface area contributed by atoms with E-state index in [2.05, 4.69) is 10.2 Å². The average molecular weight is 85.1 g/mol. The van der Waals surface area contributed by atoms with Gasteiger partial charge < -0.3 is 0 Å². The van der Waals surface area contributed by atoms with Gasteiger partial charge in [-0.15, -0.1) is 0 Å². The Bertz CT molecular complexity index is 176. The first-order chi connectivity index (χ1) is 4.11. The molecule has 0 aliphatic rings. The van der Waals surface area contributed by atoms with Gasteiger partial charge >= 0.3 is 0 Å². The van der Waals surface area contributed by atoms with Crippen molar-refractivity contribution in [3.63, 3.8) is 0 Å². The first-order valence-electron chi connectivity index (χ1n) is 3.10. The number of hydrogen-bond donors (Lipinski definition) is 1. The zero-order valence-electron chi connectivity index (χ0n) is 6.10. The van der Waals surface area contributed by atoms with Crippen molar-refractivity contribution in [2.45, 2.75) is 6.85 Å². The minimum Gasteiger partial charge on any atom is -0.283 e. The molecule has 32 valence electrons. The second-order valence-electron chi connectivity index (χ2n) is 0.970. The van der Waals surface area contributed by atoms with Crippen molar-refractivity contribution in [2.75, 3.05) is 0 Å². The monoisotopic (exact) mass is 85.1 g/mol. The fourth-order valence-electron chi connectivity index (χ4n) is 0.256. The summed E-state index contributed by atoms with van der Waals surface area (Å²) in [5.41, 5.74) is 0.183. The van der Waals surface area contributed by atoms with Crippen LogP contribution in [0.5, 0.6) is 0 Å². The summed E-state index contributed by atoms with van der Waals surface area (Å²) in [6.07, 6.45) is 1.42. The molecule has 2 nitrogen and oxygen atoms in total. The van der Waals surface area contributed by atoms with Crippen LogP contribution in [0.2, 0.25) is 0 Å². The third-order valence-electron chi connectivity index (χ3n) is 0.501. The molecule has 6 heavy (non-hydrogen) atoms. The predicted molar refractivity (Wildman–Crippen MR) is 23.3 cm³/mol. The van der Waals surface area contributed by atoms with Gasteiger partial charge in [-0.3, -0.25) is 5.10 Å². The Morgan fingerprint density at radius 1 is 2.17 bits per heavy atom. The lowest BCUT2D eigenvalue weighted by atomic mass is 10.5. The Labute approximate surface area is 40.4 Å². The number of aromatic amines is 1. The SMILES string of the molecule is [2H]C([2H])([2H])c1ccn[nH]1. The van der Waals surface area contributed by atoms with Crippen LogP contribution in [0.25, 0.3) is 0 Å². The van der Waals surface area contributed by atoms with Gasteiger partial charge in [-0.05, 0) is 12.9 Å². The molecule has 0 aliphatic heterocycles. The topological polar surface area (TPSA) is 28.7 Å². The Morgan fingerprint density at radius 3 is 3.50 bits per heavy atom. The Kier molecular flexibility index (Phi) is 0.257. The molecule has 0 radical (unpaired) electrons. The van der Waals surface area contributed by atoms with E-state index in [0.29, 0.717) is 0 Å². The minimum atomic E-state index is -2.05. The van der Waals surface area contributed by atoms with Gasteiger partial charge in [0, 0.05) is 16.0 Å². The molecule has 0 fully saturated rings. The molecule has 0 unspecified atom stereocenters. The molecular formula is C4H6N2. The first kappa shape index (κ1) is 1.37. The quantitative estimate of drug-likeness (QED) is 0.494. The normalized spacial score (nSPS) is 18.3. The van der Waals surface area contributed by atoms with E-state index in [4.69, 9.17) is 4.11 Å². The van der Waals surface area contributed by atoms with E-state index in [0.717, 1.165) is 0 Å². The van der Waals surface area contributed by atoms with Crippen LogP contribution in [0.3, 0.4) is 0 Å². The average Bonchev–Trinajstić information content (AvgIpc) is 2.08. The van der Waals surface area contributed by atoms with Gasteiger partial charge in [0.1, 0.15) is 0 Å². The smallest absolute Gasteiger partial charge is 0.0489 e. The summed E-state index contributed by atoms with van der Waals surface area (Å²) >= 11 is 0. The molecular weight excluding hydrogens is 76.1 g/mol. The summed E-state index contributed by atoms with van der Waals surface area (Å²) in [5, 5.41) is 5.87. The highest BCUT2D eigenvalue weighted by atomic mass is 15.1. The number of rotatable bonds is 0. The van der Waals surface area contributed by atoms with Gasteiger partial charge in [0.05, 0.1) is 0 Å². The zero-order chi connectivity index (χ0) is 6.91. The maximum absolute atomic E-state index is 6.85. The number of nitrogens with zero attached hydrogens (tertiary/aromatic N) is 1. The van der Waals surface area contributed by atoms with Crippen LogP contribution in [0.15, 0.2) is 12.3 Å². The second kappa shape index (κ2) is 1.12. The zero-order valence-corrected chi connectivity index (χ0v) is 3.10. The Morgan fingerprint density at radius 2 is 3.17 bits per heavy atom. The molecule has 1 aromatic heterocycles. The maximum atomic E-state index is 6.85. The molecule has 1 aromatic rings. The van der Waals surface area contributed by atoms with Crippen LogP contribution in [-0.2, 0) is 0 Å². The first-order valence-corrected chi connectivity index (χ1v) is 1.60. The summed E-state index contributed by atoms with van der Waals surface area (Å²) in [7, 11) is 0. The molecule has 1 rings (SSSR count). The summed E-state index contributed by atoms with van der Waals surface area (Å²) in [6, 6.07) is 1.44. The highest BCUT2D eigenvalue weighted by molar-refractivity contribution is 4.91. The molecule has 0 saturated carbocycles. The fraction of sp³-hybridized carbons (Fsp3) is 0.250. The summed E-state index contributed by atoms with van der Waals surface area (Å²) < 4.78 is 20.6. The van der Waals surface area contributed by atoms with E-state index in [9.17, 15) is 0 Å². The molecule has 1 N–H and O–H groups in total. The lowest BCUT2D eigenvalue weighted by Crippen LogP contribution is -1.65. The van der Waals surface area contributed by atoms with Gasteiger partial charge in [0.25, 0.3) is 0 Å². The number of hydrogen-bond acceptors (Lipinski definition) is 1. The summed E-state index contributed by atoms with van der Waals surface area (Å²) in [4.78, 5) is 0. The Hall–Kier alpha value is -0.790. The molecule has 0 saturated heterocycles. The molecule has 0 amide bonds. The van der Waals surface area contributed by atoms with Crippen LogP contribution >= 0.6 is 0 Å². The van der Waals surface area contributed by atoms with E-state index >= 15 is 0 Å². The van der Waals surface area contributed by atoms with E-state index in [-0.39, 0.29) is 5.69 Å². The predicted octanol–water partition coefficient (Wildman–Crippen LogP) is 0.718. The fourth-order valence-corrected chi connectivity index (χ4v) is 0.256. The minimum absolute atomic E-state index is 0.183. The molecule has 0 aliphatic carbocycles. The van der Waals surface area contributed by atoms with E-state index in [1.54, 1.807) is 0 Å². The van der Waals surface area contributed by atoms with E-state index < -0.39 is 6.85 Å². The van der Waals surface area contributed by atoms with Gasteiger partial charge in [-0.25, -0.2) is 0 Å². The van der Waals surface area contributed by atoms with Crippen LogP contribution in [0.1, 0.15) is 9.81 Å². The molecule has 1 heterocycles. The molecule has 0 bridgehead atoms. The van der Waals surface area contributed by atoms with Gasteiger partial charge in [-0.1, -0.05) is 0 Å².